The summed E-state index contributed by atoms with van der Waals surface area (Å²) in [5.74, 6) is 0. The smallest absolute Gasteiger partial charge is 0.192 e. The second-order valence-electron chi connectivity index (χ2n) is 6.54. The third-order valence-electron chi connectivity index (χ3n) is 4.70. The minimum Gasteiger partial charge on any atom is -0.192 e. The van der Waals surface area contributed by atoms with Crippen LogP contribution in [0, 0.1) is 79.3 Å². The van der Waals surface area contributed by atoms with Crippen molar-refractivity contribution < 1.29 is 26.3 Å². The summed E-state index contributed by atoms with van der Waals surface area (Å²) < 4.78 is 83.8. The Balaban J connectivity index is 3.52. The van der Waals surface area contributed by atoms with Gasteiger partial charge in [-0.15, -0.1) is 0 Å². The fraction of sp³-hybridized carbons (Fsp3) is 0.0870. The van der Waals surface area contributed by atoms with Gasteiger partial charge >= 0.3 is 12.4 Å². The van der Waals surface area contributed by atoms with Crippen LogP contribution >= 0.6 is 0 Å². The normalized spacial score (nSPS) is 11.3. The van der Waals surface area contributed by atoms with Gasteiger partial charge in [0.25, 0.3) is 0 Å². The van der Waals surface area contributed by atoms with Gasteiger partial charge in [-0.2, -0.15) is 63.2 Å². The number of hydrogen-bond donors (Lipinski definition) is 0. The zero-order chi connectivity index (χ0) is 27.4. The van der Waals surface area contributed by atoms with Crippen LogP contribution in [0.1, 0.15) is 38.9 Å². The molecule has 7 nitrogen and oxygen atoms in total. The van der Waals surface area contributed by atoms with Gasteiger partial charge in [-0.05, 0) is 6.07 Å². The van der Waals surface area contributed by atoms with Gasteiger partial charge < -0.3 is 0 Å². The van der Waals surface area contributed by atoms with Gasteiger partial charge in [0.2, 0.25) is 0 Å². The Labute approximate surface area is 197 Å². The molecule has 0 N–H and O–H groups in total. The molecule has 0 amide bonds. The van der Waals surface area contributed by atoms with Crippen LogP contribution < -0.4 is 10.4 Å². The summed E-state index contributed by atoms with van der Waals surface area (Å²) in [6.45, 7) is 0. The van der Waals surface area contributed by atoms with Gasteiger partial charge in [0.05, 0.1) is 39.0 Å². The van der Waals surface area contributed by atoms with Crippen LogP contribution in [0.5, 0.6) is 0 Å². The Morgan fingerprint density at radius 3 is 1.50 bits per heavy atom. The Kier molecular flexibility index (Phi) is 7.04. The van der Waals surface area contributed by atoms with E-state index >= 15 is 0 Å². The molecule has 0 atom stereocenters. The molecule has 0 aliphatic heterocycles. The molecule has 0 aliphatic rings. The summed E-state index contributed by atoms with van der Waals surface area (Å²) in [6, 6.07) is 10.5. The predicted octanol–water partition coefficient (Wildman–Crippen LogP) is 3.13. The lowest BCUT2D eigenvalue weighted by molar-refractivity contribution is -0.143. The second kappa shape index (κ2) is 9.59. The van der Waals surface area contributed by atoms with E-state index in [-0.39, 0.29) is 6.07 Å². The van der Waals surface area contributed by atoms with Crippen LogP contribution in [0.3, 0.4) is 0 Å². The monoisotopic (exact) mass is 491 g/mol. The van der Waals surface area contributed by atoms with Gasteiger partial charge in [0.15, 0.2) is 0 Å². The Bertz CT molecular complexity index is 1720. The molecule has 0 bridgehead atoms. The first kappa shape index (κ1) is 26.4. The molecule has 13 heteroatoms. The predicted molar refractivity (Wildman–Crippen MR) is 104 cm³/mol. The van der Waals surface area contributed by atoms with Gasteiger partial charge in [-0.1, -0.05) is 12.1 Å². The van der Waals surface area contributed by atoms with Crippen molar-refractivity contribution in [2.75, 3.05) is 0 Å². The van der Waals surface area contributed by atoms with Crippen molar-refractivity contribution in [1.82, 2.24) is 0 Å². The van der Waals surface area contributed by atoms with Gasteiger partial charge in [-0.3, -0.25) is 0 Å². The summed E-state index contributed by atoms with van der Waals surface area (Å²) in [5.41, 5.74) is -12.6. The van der Waals surface area contributed by atoms with Gasteiger partial charge in [0.1, 0.15) is 48.1 Å². The standard InChI is InChI=1S/C23H3F6N7/c24-22(25,26)19-3-11(4-30)15(7-33)21(23(27,28)29)20(19)18(10-36)14-2-1-13(12(5-31)6-32)16(8-34)17(14)9-35/h1-3H/b18-14+. The molecule has 0 aromatic heterocycles. The van der Waals surface area contributed by atoms with E-state index in [0.29, 0.717) is 6.07 Å². The van der Waals surface area contributed by atoms with Crippen LogP contribution in [-0.2, 0) is 12.4 Å². The second-order valence-corrected chi connectivity index (χ2v) is 6.54. The fourth-order valence-electron chi connectivity index (χ4n) is 3.30. The molecular formula is C23H3F6N7. The summed E-state index contributed by atoms with van der Waals surface area (Å²) in [7, 11) is 0. The van der Waals surface area contributed by atoms with E-state index < -0.39 is 72.9 Å². The SMILES string of the molecule is N#CC(C#N)=c1cc/c(=C(/C#N)c2c(C(F)(F)F)cc(C#N)c(C#N)c2C(F)(F)F)c(C#N)c1C#N. The van der Waals surface area contributed by atoms with E-state index in [4.69, 9.17) is 15.8 Å². The Morgan fingerprint density at radius 2 is 1.11 bits per heavy atom. The average Bonchev–Trinajstić information content (AvgIpc) is 2.83. The molecule has 2 rings (SSSR count). The highest BCUT2D eigenvalue weighted by molar-refractivity contribution is 5.85. The van der Waals surface area contributed by atoms with Crippen molar-refractivity contribution >= 4 is 11.1 Å². The largest absolute Gasteiger partial charge is 0.418 e. The van der Waals surface area contributed by atoms with Gasteiger partial charge in [-0.25, -0.2) is 0 Å². The van der Waals surface area contributed by atoms with Crippen molar-refractivity contribution in [3.63, 3.8) is 0 Å². The molecule has 0 heterocycles. The molecule has 0 aliphatic carbocycles. The lowest BCUT2D eigenvalue weighted by Crippen LogP contribution is -2.25. The van der Waals surface area contributed by atoms with E-state index in [1.807, 2.05) is 0 Å². The molecule has 2 aromatic rings. The quantitative estimate of drug-likeness (QED) is 0.552. The molecule has 0 saturated heterocycles. The lowest BCUT2D eigenvalue weighted by Gasteiger charge is -2.20. The van der Waals surface area contributed by atoms with Crippen molar-refractivity contribution in [3.05, 3.63) is 67.6 Å². The molecular weight excluding hydrogens is 488 g/mol. The first-order valence-electron chi connectivity index (χ1n) is 8.94. The first-order chi connectivity index (χ1) is 16.9. The highest BCUT2D eigenvalue weighted by Crippen LogP contribution is 2.44. The van der Waals surface area contributed by atoms with E-state index in [9.17, 15) is 47.4 Å². The van der Waals surface area contributed by atoms with Crippen LogP contribution in [-0.4, -0.2) is 0 Å². The number of alkyl halides is 6. The van der Waals surface area contributed by atoms with Crippen LogP contribution in [0.25, 0.3) is 11.1 Å². The maximum absolute atomic E-state index is 14.0. The molecule has 36 heavy (non-hydrogen) atoms. The summed E-state index contributed by atoms with van der Waals surface area (Å²) in [4.78, 5) is 0. The Hall–Kier alpha value is -5.81. The molecule has 0 radical (unpaired) electrons. The number of hydrogen-bond acceptors (Lipinski definition) is 7. The lowest BCUT2D eigenvalue weighted by atomic mass is 9.85. The minimum absolute atomic E-state index is 0.0245. The molecule has 0 fully saturated rings. The van der Waals surface area contributed by atoms with E-state index in [0.717, 1.165) is 18.2 Å². The summed E-state index contributed by atoms with van der Waals surface area (Å²) in [6.07, 6.45) is -11.2. The van der Waals surface area contributed by atoms with Crippen LogP contribution in [0.15, 0.2) is 18.2 Å². The van der Waals surface area contributed by atoms with E-state index in [1.165, 1.54) is 30.3 Å². The summed E-state index contributed by atoms with van der Waals surface area (Å²) in [5, 5.41) is 63.9. The highest BCUT2D eigenvalue weighted by atomic mass is 19.4. The maximum atomic E-state index is 14.0. The van der Waals surface area contributed by atoms with Gasteiger partial charge in [0, 0.05) is 16.0 Å². The van der Waals surface area contributed by atoms with Crippen molar-refractivity contribution in [2.24, 2.45) is 0 Å². The van der Waals surface area contributed by atoms with E-state index in [2.05, 4.69) is 0 Å². The van der Waals surface area contributed by atoms with Crippen molar-refractivity contribution in [3.8, 4) is 42.5 Å². The maximum Gasteiger partial charge on any atom is 0.418 e. The fourth-order valence-corrected chi connectivity index (χ4v) is 3.30. The number of rotatable bonds is 1. The number of benzene rings is 2. The molecule has 0 unspecified atom stereocenters. The van der Waals surface area contributed by atoms with E-state index in [1.54, 1.807) is 0 Å². The Morgan fingerprint density at radius 1 is 0.611 bits per heavy atom. The van der Waals surface area contributed by atoms with Crippen LogP contribution in [0.2, 0.25) is 0 Å². The molecule has 172 valence electrons. The molecule has 2 aromatic carbocycles. The van der Waals surface area contributed by atoms with Crippen molar-refractivity contribution in [2.45, 2.75) is 12.4 Å². The topological polar surface area (TPSA) is 167 Å². The molecule has 0 spiro atoms. The number of halogens is 6. The average molecular weight is 491 g/mol. The first-order valence-corrected chi connectivity index (χ1v) is 8.94. The number of nitrogens with zero attached hydrogens (tertiary/aromatic N) is 7. The zero-order valence-electron chi connectivity index (χ0n) is 17.1. The highest BCUT2D eigenvalue weighted by Gasteiger charge is 2.45. The molecule has 0 saturated carbocycles. The zero-order valence-corrected chi connectivity index (χ0v) is 17.1. The third kappa shape index (κ3) is 4.35. The van der Waals surface area contributed by atoms with Crippen molar-refractivity contribution in [1.29, 1.82) is 36.8 Å². The third-order valence-corrected chi connectivity index (χ3v) is 4.70. The number of nitriles is 7. The minimum atomic E-state index is -5.68. The van der Waals surface area contributed by atoms with Crippen LogP contribution in [0.4, 0.5) is 26.3 Å². The summed E-state index contributed by atoms with van der Waals surface area (Å²) >= 11 is 0.